The van der Waals surface area contributed by atoms with E-state index in [4.69, 9.17) is 4.42 Å². The van der Waals surface area contributed by atoms with E-state index in [-0.39, 0.29) is 0 Å². The van der Waals surface area contributed by atoms with E-state index in [0.29, 0.717) is 0 Å². The Morgan fingerprint density at radius 1 is 0.333 bits per heavy atom. The fourth-order valence-corrected chi connectivity index (χ4v) is 13.2. The summed E-state index contributed by atoms with van der Waals surface area (Å²) in [6.07, 6.45) is 9.42. The predicted molar refractivity (Wildman–Crippen MR) is 368 cm³/mol. The number of hydrogen-bond acceptors (Lipinski definition) is 3. The van der Waals surface area contributed by atoms with Crippen LogP contribution in [-0.2, 0) is 6.42 Å². The predicted octanol–water partition coefficient (Wildman–Crippen LogP) is 23.1. The first kappa shape index (κ1) is 51.2. The van der Waals surface area contributed by atoms with Crippen molar-refractivity contribution in [1.29, 1.82) is 0 Å². The second-order valence-electron chi connectivity index (χ2n) is 22.4. The van der Waals surface area contributed by atoms with Gasteiger partial charge in [0.25, 0.3) is 0 Å². The first-order valence-corrected chi connectivity index (χ1v) is 29.8. The molecule has 15 aromatic rings. The second kappa shape index (κ2) is 21.6. The van der Waals surface area contributed by atoms with Crippen molar-refractivity contribution in [1.82, 2.24) is 4.57 Å². The van der Waals surface area contributed by atoms with Crippen LogP contribution in [0, 0.1) is 0 Å². The molecule has 16 rings (SSSR count). The molecule has 0 atom stereocenters. The van der Waals surface area contributed by atoms with Gasteiger partial charge in [-0.15, -0.1) is 0 Å². The van der Waals surface area contributed by atoms with Crippen molar-refractivity contribution in [2.75, 3.05) is 9.80 Å². The second-order valence-corrected chi connectivity index (χ2v) is 22.4. The zero-order valence-corrected chi connectivity index (χ0v) is 47.8. The number of para-hydroxylation sites is 2. The lowest BCUT2D eigenvalue weighted by Gasteiger charge is -2.28. The van der Waals surface area contributed by atoms with E-state index in [1.165, 1.54) is 44.2 Å². The minimum absolute atomic E-state index is 0.830. The van der Waals surface area contributed by atoms with Crippen molar-refractivity contribution in [3.05, 3.63) is 339 Å². The van der Waals surface area contributed by atoms with Crippen LogP contribution < -0.4 is 9.80 Å². The van der Waals surface area contributed by atoms with E-state index in [2.05, 4.69) is 330 Å². The molecule has 0 aliphatic heterocycles. The molecule has 1 aliphatic rings. The van der Waals surface area contributed by atoms with E-state index in [9.17, 15) is 0 Å². The van der Waals surface area contributed by atoms with Crippen molar-refractivity contribution in [2.45, 2.75) is 6.42 Å². The quantitative estimate of drug-likeness (QED) is 0.136. The maximum Gasteiger partial charge on any atom is 0.137 e. The van der Waals surface area contributed by atoms with Gasteiger partial charge >= 0.3 is 0 Å². The van der Waals surface area contributed by atoms with Crippen LogP contribution in [0.3, 0.4) is 0 Å². The van der Waals surface area contributed by atoms with E-state index >= 15 is 0 Å². The minimum atomic E-state index is 0.830. The molecule has 4 nitrogen and oxygen atoms in total. The molecule has 13 aromatic carbocycles. The summed E-state index contributed by atoms with van der Waals surface area (Å²) in [6, 6.07) is 108. The molecule has 0 N–H and O–H groups in total. The van der Waals surface area contributed by atoms with Crippen LogP contribution in [0.1, 0.15) is 11.1 Å². The molecule has 2 heterocycles. The number of anilines is 6. The van der Waals surface area contributed by atoms with Gasteiger partial charge in [-0.05, 0) is 176 Å². The third-order valence-electron chi connectivity index (χ3n) is 17.4. The number of rotatable bonds is 10. The molecule has 0 amide bonds. The van der Waals surface area contributed by atoms with Gasteiger partial charge in [0.1, 0.15) is 11.2 Å². The molecule has 0 spiro atoms. The SMILES string of the molecule is C=C1/C=C\C=C/Cc2ccccc2-c2cc(-n3c4ccc(-c5ccc(N(c6ccccc6)c6cccc7oc8ccccc8c67)cc5)cc4c4cc(N(c5ccc(-c6ccccc6)cc5)c5ccc(-c6ccccc6)c6ccccc56)ccc43)ccc21. The average Bonchev–Trinajstić information content (AvgIpc) is 2.64. The van der Waals surface area contributed by atoms with Gasteiger partial charge in [0.2, 0.25) is 0 Å². The van der Waals surface area contributed by atoms with Gasteiger partial charge in [-0.3, -0.25) is 0 Å². The van der Waals surface area contributed by atoms with Gasteiger partial charge in [-0.25, -0.2) is 0 Å². The Kier molecular flexibility index (Phi) is 12.7. The van der Waals surface area contributed by atoms with Gasteiger partial charge in [0, 0.05) is 50.0 Å². The first-order chi connectivity index (χ1) is 43.1. The van der Waals surface area contributed by atoms with Gasteiger partial charge in [-0.2, -0.15) is 0 Å². The summed E-state index contributed by atoms with van der Waals surface area (Å²) in [6.45, 7) is 4.60. The molecule has 87 heavy (non-hydrogen) atoms. The lowest BCUT2D eigenvalue weighted by Crippen LogP contribution is -2.10. The Balaban J connectivity index is 0.895. The van der Waals surface area contributed by atoms with Crippen LogP contribution in [0.25, 0.3) is 110 Å². The minimum Gasteiger partial charge on any atom is -0.456 e. The smallest absolute Gasteiger partial charge is 0.137 e. The monoisotopic (exact) mass is 1110 g/mol. The number of furan rings is 1. The number of fused-ring (bicyclic) bond motifs is 10. The Morgan fingerprint density at radius 3 is 1.67 bits per heavy atom. The number of benzene rings is 13. The van der Waals surface area contributed by atoms with Crippen LogP contribution in [-0.4, -0.2) is 4.57 Å². The van der Waals surface area contributed by atoms with Crippen LogP contribution in [0.15, 0.2) is 333 Å². The van der Waals surface area contributed by atoms with Gasteiger partial charge in [0.05, 0.1) is 27.8 Å². The number of hydrogen-bond donors (Lipinski definition) is 0. The molecule has 0 radical (unpaired) electrons. The molecule has 4 heteroatoms. The van der Waals surface area contributed by atoms with E-state index in [1.54, 1.807) is 0 Å². The highest BCUT2D eigenvalue weighted by atomic mass is 16.3. The summed E-state index contributed by atoms with van der Waals surface area (Å²) in [7, 11) is 0. The standard InChI is InChI=1S/C83H57N3O/c1-56-21-6-2-9-24-60-27-14-15-30-69(60)74-54-67(46-48-68(56)74)86-78-50-41-62(59-39-44-64(45-40-59)84(63-28-12-5-13-29-63)80-34-20-36-82-83(80)73-33-18-19-35-81(73)87-82)53-75(78)76-55-66(47-51-79(76)86)85(65-42-37-58(38-43-65)57-22-7-3-8-23-57)77-52-49-70(61-25-10-4-11-26-61)71-31-16-17-32-72(71)77/h2-23,25-55H,1,24H2/b9-2-,21-6-. The first-order valence-electron chi connectivity index (χ1n) is 29.8. The molecule has 0 bridgehead atoms. The average molecular weight is 1110 g/mol. The molecule has 410 valence electrons. The summed E-state index contributed by atoms with van der Waals surface area (Å²) in [5.41, 5.74) is 24.1. The lowest BCUT2D eigenvalue weighted by atomic mass is 9.90. The normalized spacial score (nSPS) is 13.0. The van der Waals surface area contributed by atoms with E-state index in [1.807, 2.05) is 12.1 Å². The molecule has 0 unspecified atom stereocenters. The number of allylic oxidation sites excluding steroid dienone is 5. The molecule has 1 aliphatic carbocycles. The van der Waals surface area contributed by atoms with E-state index < -0.39 is 0 Å². The van der Waals surface area contributed by atoms with Crippen molar-refractivity contribution < 1.29 is 4.42 Å². The highest BCUT2D eigenvalue weighted by Crippen LogP contribution is 2.47. The molecular formula is C83H57N3O. The summed E-state index contributed by atoms with van der Waals surface area (Å²) < 4.78 is 8.89. The summed E-state index contributed by atoms with van der Waals surface area (Å²) in [4.78, 5) is 4.79. The highest BCUT2D eigenvalue weighted by Gasteiger charge is 2.24. The molecule has 0 saturated carbocycles. The molecule has 0 fully saturated rings. The van der Waals surface area contributed by atoms with Crippen molar-refractivity contribution in [3.8, 4) is 50.2 Å². The summed E-state index contributed by atoms with van der Waals surface area (Å²) in [5.74, 6) is 0. The van der Waals surface area contributed by atoms with Gasteiger partial charge < -0.3 is 18.8 Å². The van der Waals surface area contributed by atoms with Crippen molar-refractivity contribution in [3.63, 3.8) is 0 Å². The summed E-state index contributed by atoms with van der Waals surface area (Å²) >= 11 is 0. The third-order valence-corrected chi connectivity index (χ3v) is 17.4. The maximum absolute atomic E-state index is 6.43. The van der Waals surface area contributed by atoms with Gasteiger partial charge in [0.15, 0.2) is 0 Å². The van der Waals surface area contributed by atoms with E-state index in [0.717, 1.165) is 118 Å². The summed E-state index contributed by atoms with van der Waals surface area (Å²) in [5, 5.41) is 6.83. The largest absolute Gasteiger partial charge is 0.456 e. The fraction of sp³-hybridized carbons (Fsp3) is 0.0120. The van der Waals surface area contributed by atoms with Crippen LogP contribution in [0.5, 0.6) is 0 Å². The Hall–Kier alpha value is -11.5. The zero-order valence-electron chi connectivity index (χ0n) is 47.8. The number of aromatic nitrogens is 1. The molecule has 0 saturated heterocycles. The topological polar surface area (TPSA) is 24.6 Å². The zero-order chi connectivity index (χ0) is 57.8. The molecule has 2 aromatic heterocycles. The van der Waals surface area contributed by atoms with Gasteiger partial charge in [-0.1, -0.05) is 225 Å². The lowest BCUT2D eigenvalue weighted by molar-refractivity contribution is 0.669. The van der Waals surface area contributed by atoms with Crippen LogP contribution in [0.2, 0.25) is 0 Å². The van der Waals surface area contributed by atoms with Crippen LogP contribution >= 0.6 is 0 Å². The third kappa shape index (κ3) is 9.11. The highest BCUT2D eigenvalue weighted by molar-refractivity contribution is 6.15. The fourth-order valence-electron chi connectivity index (χ4n) is 13.2. The Bertz CT molecular complexity index is 5190. The van der Waals surface area contributed by atoms with Crippen molar-refractivity contribution in [2.24, 2.45) is 0 Å². The maximum atomic E-state index is 6.43. The van der Waals surface area contributed by atoms with Crippen LogP contribution in [0.4, 0.5) is 34.1 Å². The Labute approximate surface area is 506 Å². The Morgan fingerprint density at radius 2 is 0.897 bits per heavy atom. The van der Waals surface area contributed by atoms with Crippen molar-refractivity contribution >= 4 is 94.2 Å². The molecular weight excluding hydrogens is 1050 g/mol. The number of nitrogens with zero attached hydrogens (tertiary/aromatic N) is 3.